The van der Waals surface area contributed by atoms with Crippen molar-refractivity contribution in [3.05, 3.63) is 0 Å². The average Bonchev–Trinajstić information content (AvgIpc) is 0.811. The molecule has 0 nitrogen and oxygen atoms in total. The van der Waals surface area contributed by atoms with Gasteiger partial charge in [0.2, 0.25) is 0 Å². The third-order valence-corrected chi connectivity index (χ3v) is 0. The van der Waals surface area contributed by atoms with Crippen molar-refractivity contribution in [2.24, 2.45) is 0 Å². The predicted octanol–water partition coefficient (Wildman–Crippen LogP) is 2.20. The predicted molar refractivity (Wildman–Crippen MR) is 37.6 cm³/mol. The monoisotopic (exact) mass is 405 g/mol. The second-order valence-electron chi connectivity index (χ2n) is 0.214. The summed E-state index contributed by atoms with van der Waals surface area (Å²) in [7, 11) is 0. The zero-order chi connectivity index (χ0) is 3.58. The van der Waals surface area contributed by atoms with E-state index in [0.717, 1.165) is 0 Å². The van der Waals surface area contributed by atoms with Crippen LogP contribution in [0, 0.1) is 0 Å². The Morgan fingerprint density at radius 1 is 1.50 bits per heavy atom. The molecule has 0 unspecified atom stereocenters. The van der Waals surface area contributed by atoms with Crippen LogP contribution in [-0.2, 0) is 0 Å². The standard InChI is InChI=1S/2BrH.HI.Sn/h3*1H;/q;;;+3/p-3. The fourth-order valence-corrected chi connectivity index (χ4v) is 0. The zero-order valence-corrected chi connectivity index (χ0v) is 9.82. The normalized spacial score (nSPS) is 9.00. The molecule has 0 aliphatic carbocycles. The van der Waals surface area contributed by atoms with Gasteiger partial charge in [0.25, 0.3) is 0 Å². The maximum absolute atomic E-state index is 3.37. The maximum atomic E-state index is 3.37. The molecule has 0 aliphatic rings. The first-order valence-electron chi connectivity index (χ1n) is 0.567. The summed E-state index contributed by atoms with van der Waals surface area (Å²) in [6.45, 7) is 0. The molecule has 0 heterocycles. The molecule has 0 spiro atoms. The van der Waals surface area contributed by atoms with E-state index in [2.05, 4.69) is 44.0 Å². The molecule has 0 saturated heterocycles. The summed E-state index contributed by atoms with van der Waals surface area (Å²) in [5, 5.41) is 0. The third kappa shape index (κ3) is 8.82. The Morgan fingerprint density at radius 3 is 1.50 bits per heavy atom. The van der Waals surface area contributed by atoms with Gasteiger partial charge < -0.3 is 0 Å². The Balaban J connectivity index is 2.32. The fourth-order valence-electron chi connectivity index (χ4n) is 0. The van der Waals surface area contributed by atoms with Gasteiger partial charge in [0.15, 0.2) is 0 Å². The van der Waals surface area contributed by atoms with E-state index < -0.39 is 11.3 Å². The van der Waals surface area contributed by atoms with Crippen LogP contribution in [0.1, 0.15) is 0 Å². The minimum atomic E-state index is -0.948. The molecule has 0 atom stereocenters. The van der Waals surface area contributed by atoms with Crippen LogP contribution in [0.2, 0.25) is 0 Å². The molecular weight excluding hydrogens is 405 g/mol. The number of hydrogen-bond acceptors (Lipinski definition) is 0. The molecule has 0 rings (SSSR count). The van der Waals surface area contributed by atoms with E-state index in [0.29, 0.717) is 0 Å². The summed E-state index contributed by atoms with van der Waals surface area (Å²) in [6, 6.07) is 0. The first kappa shape index (κ1) is 6.49. The summed E-state index contributed by atoms with van der Waals surface area (Å²) in [4.78, 5) is 0. The summed E-state index contributed by atoms with van der Waals surface area (Å²) in [5.74, 6) is 0. The van der Waals surface area contributed by atoms with Gasteiger partial charge in [0.05, 0.1) is 0 Å². The molecular formula is Br2ISn. The zero-order valence-electron chi connectivity index (χ0n) is 1.63. The summed E-state index contributed by atoms with van der Waals surface area (Å²) in [5.41, 5.74) is 0. The molecule has 0 bridgehead atoms. The van der Waals surface area contributed by atoms with Crippen LogP contribution in [0.3, 0.4) is 0 Å². The van der Waals surface area contributed by atoms with Gasteiger partial charge in [0.1, 0.15) is 0 Å². The van der Waals surface area contributed by atoms with Crippen LogP contribution >= 0.6 is 44.0 Å². The first-order chi connectivity index (χ1) is 1.73. The van der Waals surface area contributed by atoms with Gasteiger partial charge in [-0.3, -0.25) is 0 Å². The molecule has 1 radical (unpaired) electrons. The second-order valence-corrected chi connectivity index (χ2v) is 46.3. The molecule has 0 aromatic rings. The molecule has 4 heavy (non-hydrogen) atoms. The van der Waals surface area contributed by atoms with E-state index in [1.165, 1.54) is 0 Å². The van der Waals surface area contributed by atoms with Crippen LogP contribution in [0.15, 0.2) is 0 Å². The Kier molecular flexibility index (Phi) is 5.95. The Hall–Kier alpha value is 2.49. The number of rotatable bonds is 0. The average molecular weight is 405 g/mol. The molecule has 0 fully saturated rings. The van der Waals surface area contributed by atoms with Crippen molar-refractivity contribution < 1.29 is 0 Å². The second kappa shape index (κ2) is 3.67. The first-order valence-corrected chi connectivity index (χ1v) is 21.7. The molecule has 0 saturated carbocycles. The van der Waals surface area contributed by atoms with E-state index >= 15 is 0 Å². The van der Waals surface area contributed by atoms with E-state index in [9.17, 15) is 0 Å². The van der Waals surface area contributed by atoms with Crippen molar-refractivity contribution in [2.75, 3.05) is 0 Å². The van der Waals surface area contributed by atoms with Crippen molar-refractivity contribution in [2.45, 2.75) is 0 Å². The molecule has 0 amide bonds. The third-order valence-electron chi connectivity index (χ3n) is 0. The fraction of sp³-hybridized carbons (Fsp3) is 0. The minimum absolute atomic E-state index is 0.948. The van der Waals surface area contributed by atoms with Gasteiger partial charge in [-0.2, -0.15) is 0 Å². The van der Waals surface area contributed by atoms with Crippen molar-refractivity contribution in [1.82, 2.24) is 0 Å². The quantitative estimate of drug-likeness (QED) is 0.428. The molecule has 4 heteroatoms. The van der Waals surface area contributed by atoms with Crippen LogP contribution in [0.25, 0.3) is 0 Å². The number of halogens is 3. The van der Waals surface area contributed by atoms with Gasteiger partial charge in [-0.05, 0) is 0 Å². The van der Waals surface area contributed by atoms with Crippen molar-refractivity contribution in [1.29, 1.82) is 0 Å². The van der Waals surface area contributed by atoms with Gasteiger partial charge >= 0.3 is 55.4 Å². The molecule has 0 aromatic heterocycles. The molecule has 25 valence electrons. The Labute approximate surface area is 54.2 Å². The van der Waals surface area contributed by atoms with Gasteiger partial charge in [-0.25, -0.2) is 0 Å². The van der Waals surface area contributed by atoms with Crippen LogP contribution in [0.4, 0.5) is 0 Å². The van der Waals surface area contributed by atoms with Crippen LogP contribution < -0.4 is 0 Å². The van der Waals surface area contributed by atoms with Crippen LogP contribution in [-0.4, -0.2) is 11.3 Å². The summed E-state index contributed by atoms with van der Waals surface area (Å²) >= 11 is 8.17. The molecule has 0 N–H and O–H groups in total. The molecule has 0 aliphatic heterocycles. The van der Waals surface area contributed by atoms with E-state index in [4.69, 9.17) is 0 Å². The van der Waals surface area contributed by atoms with Crippen LogP contribution in [0.5, 0.6) is 0 Å². The summed E-state index contributed by atoms with van der Waals surface area (Å²) in [6.07, 6.45) is 0. The Bertz CT molecular complexity index is 10.8. The van der Waals surface area contributed by atoms with E-state index in [-0.39, 0.29) is 0 Å². The summed E-state index contributed by atoms with van der Waals surface area (Å²) < 4.78 is 0. The SMILES string of the molecule is [Br][Sn]([Br])[I]. The molecule has 0 aromatic carbocycles. The van der Waals surface area contributed by atoms with Gasteiger partial charge in [-0.1, -0.05) is 0 Å². The Morgan fingerprint density at radius 2 is 1.50 bits per heavy atom. The van der Waals surface area contributed by atoms with Gasteiger partial charge in [-0.15, -0.1) is 0 Å². The van der Waals surface area contributed by atoms with Gasteiger partial charge in [0, 0.05) is 0 Å². The van der Waals surface area contributed by atoms with Crippen molar-refractivity contribution in [3.8, 4) is 0 Å². The van der Waals surface area contributed by atoms with E-state index in [1.807, 2.05) is 0 Å². The number of hydrogen-bond donors (Lipinski definition) is 0. The van der Waals surface area contributed by atoms with Crippen molar-refractivity contribution in [3.63, 3.8) is 0 Å². The van der Waals surface area contributed by atoms with Crippen molar-refractivity contribution >= 4 is 55.4 Å². The topological polar surface area (TPSA) is 0 Å². The van der Waals surface area contributed by atoms with E-state index in [1.54, 1.807) is 0 Å².